The topological polar surface area (TPSA) is 43.4 Å². The standard InChI is InChI=1S/C18H14ClFO3/c1-12(18(22)14-6-8-16(20)9-7-14)23-17(21)10-5-13-3-2-4-15(19)11-13/h2-12H,1H3/b10-5+/t12-/m1/s1. The van der Waals surface area contributed by atoms with Crippen LogP contribution in [0.3, 0.4) is 0 Å². The maximum atomic E-state index is 12.8. The molecule has 0 saturated carbocycles. The Morgan fingerprint density at radius 3 is 2.52 bits per heavy atom. The summed E-state index contributed by atoms with van der Waals surface area (Å²) in [6, 6.07) is 12.0. The molecule has 0 N–H and O–H groups in total. The Bertz CT molecular complexity index is 738. The number of hydrogen-bond donors (Lipinski definition) is 0. The van der Waals surface area contributed by atoms with E-state index in [2.05, 4.69) is 0 Å². The van der Waals surface area contributed by atoms with Crippen molar-refractivity contribution in [3.8, 4) is 0 Å². The Labute approximate surface area is 138 Å². The fraction of sp³-hybridized carbons (Fsp3) is 0.111. The molecule has 5 heteroatoms. The molecule has 0 radical (unpaired) electrons. The number of ether oxygens (including phenoxy) is 1. The summed E-state index contributed by atoms with van der Waals surface area (Å²) in [4.78, 5) is 23.8. The molecule has 0 unspecified atom stereocenters. The summed E-state index contributed by atoms with van der Waals surface area (Å²) in [5.41, 5.74) is 1.03. The molecule has 0 aliphatic rings. The van der Waals surface area contributed by atoms with Gasteiger partial charge in [0.25, 0.3) is 0 Å². The number of rotatable bonds is 5. The Morgan fingerprint density at radius 1 is 1.17 bits per heavy atom. The third-order valence-corrected chi connectivity index (χ3v) is 3.29. The van der Waals surface area contributed by atoms with Crippen molar-refractivity contribution in [2.24, 2.45) is 0 Å². The smallest absolute Gasteiger partial charge is 0.331 e. The molecule has 2 aromatic rings. The van der Waals surface area contributed by atoms with Crippen molar-refractivity contribution in [1.29, 1.82) is 0 Å². The number of ketones is 1. The van der Waals surface area contributed by atoms with E-state index in [1.165, 1.54) is 37.3 Å². The highest BCUT2D eigenvalue weighted by molar-refractivity contribution is 6.30. The lowest BCUT2D eigenvalue weighted by atomic mass is 10.1. The number of hydrogen-bond acceptors (Lipinski definition) is 3. The Balaban J connectivity index is 1.96. The Morgan fingerprint density at radius 2 is 1.87 bits per heavy atom. The summed E-state index contributed by atoms with van der Waals surface area (Å²) >= 11 is 5.84. The third kappa shape index (κ3) is 5.04. The average molecular weight is 333 g/mol. The van der Waals surface area contributed by atoms with Gasteiger partial charge in [-0.1, -0.05) is 23.7 Å². The molecule has 0 saturated heterocycles. The lowest BCUT2D eigenvalue weighted by Gasteiger charge is -2.10. The Kier molecular flexibility index (Phi) is 5.66. The van der Waals surface area contributed by atoms with E-state index in [1.807, 2.05) is 0 Å². The van der Waals surface area contributed by atoms with Gasteiger partial charge in [-0.05, 0) is 55.0 Å². The van der Waals surface area contributed by atoms with Gasteiger partial charge < -0.3 is 4.74 Å². The first kappa shape index (κ1) is 16.9. The molecular weight excluding hydrogens is 319 g/mol. The van der Waals surface area contributed by atoms with Gasteiger partial charge in [-0.3, -0.25) is 4.79 Å². The SMILES string of the molecule is C[C@@H](OC(=O)/C=C/c1cccc(Cl)c1)C(=O)c1ccc(F)cc1. The number of carbonyl (C=O) groups excluding carboxylic acids is 2. The van der Waals surface area contributed by atoms with Crippen LogP contribution >= 0.6 is 11.6 Å². The molecule has 3 nitrogen and oxygen atoms in total. The zero-order valence-corrected chi connectivity index (χ0v) is 13.1. The molecule has 0 aliphatic carbocycles. The summed E-state index contributed by atoms with van der Waals surface area (Å²) in [5.74, 6) is -1.47. The predicted octanol–water partition coefficient (Wildman–Crippen LogP) is 4.31. The van der Waals surface area contributed by atoms with Gasteiger partial charge in [-0.25, -0.2) is 9.18 Å². The van der Waals surface area contributed by atoms with Gasteiger partial charge in [0, 0.05) is 16.7 Å². The van der Waals surface area contributed by atoms with Crippen LogP contribution < -0.4 is 0 Å². The molecule has 0 bridgehead atoms. The number of esters is 1. The maximum absolute atomic E-state index is 12.8. The van der Waals surface area contributed by atoms with Crippen molar-refractivity contribution in [2.45, 2.75) is 13.0 Å². The van der Waals surface area contributed by atoms with Crippen LogP contribution in [0.1, 0.15) is 22.8 Å². The molecule has 2 rings (SSSR count). The fourth-order valence-corrected chi connectivity index (χ4v) is 2.09. The molecule has 1 atom stereocenters. The van der Waals surface area contributed by atoms with Crippen LogP contribution in [0.4, 0.5) is 4.39 Å². The van der Waals surface area contributed by atoms with Gasteiger partial charge in [-0.15, -0.1) is 0 Å². The van der Waals surface area contributed by atoms with Gasteiger partial charge >= 0.3 is 5.97 Å². The van der Waals surface area contributed by atoms with Crippen LogP contribution in [0.15, 0.2) is 54.6 Å². The number of benzene rings is 2. The molecular formula is C18H14ClFO3. The summed E-state index contributed by atoms with van der Waals surface area (Å²) in [6.45, 7) is 1.47. The van der Waals surface area contributed by atoms with Crippen molar-refractivity contribution < 1.29 is 18.7 Å². The van der Waals surface area contributed by atoms with Crippen LogP contribution in [-0.2, 0) is 9.53 Å². The molecule has 0 aromatic heterocycles. The van der Waals surface area contributed by atoms with Crippen LogP contribution in [0.5, 0.6) is 0 Å². The Hall–Kier alpha value is -2.46. The molecule has 0 heterocycles. The monoisotopic (exact) mass is 332 g/mol. The van der Waals surface area contributed by atoms with E-state index < -0.39 is 23.7 Å². The quantitative estimate of drug-likeness (QED) is 0.465. The third-order valence-electron chi connectivity index (χ3n) is 3.05. The largest absolute Gasteiger partial charge is 0.451 e. The highest BCUT2D eigenvalue weighted by Crippen LogP contribution is 2.12. The van der Waals surface area contributed by atoms with Crippen molar-refractivity contribution in [1.82, 2.24) is 0 Å². The van der Waals surface area contributed by atoms with Gasteiger partial charge in [0.2, 0.25) is 5.78 Å². The first-order valence-corrected chi connectivity index (χ1v) is 7.27. The summed E-state index contributed by atoms with van der Waals surface area (Å²) in [6.07, 6.45) is 1.81. The minimum absolute atomic E-state index is 0.283. The molecule has 0 aliphatic heterocycles. The normalized spacial score (nSPS) is 12.1. The molecule has 0 amide bonds. The first-order valence-electron chi connectivity index (χ1n) is 6.90. The molecule has 23 heavy (non-hydrogen) atoms. The highest BCUT2D eigenvalue weighted by atomic mass is 35.5. The van der Waals surface area contributed by atoms with E-state index in [-0.39, 0.29) is 5.56 Å². The van der Waals surface area contributed by atoms with Crippen LogP contribution in [0.2, 0.25) is 5.02 Å². The van der Waals surface area contributed by atoms with E-state index in [0.29, 0.717) is 5.02 Å². The van der Waals surface area contributed by atoms with Crippen molar-refractivity contribution in [3.05, 3.63) is 76.6 Å². The lowest BCUT2D eigenvalue weighted by molar-refractivity contribution is -0.140. The number of halogens is 2. The highest BCUT2D eigenvalue weighted by Gasteiger charge is 2.18. The van der Waals surface area contributed by atoms with E-state index in [0.717, 1.165) is 5.56 Å². The van der Waals surface area contributed by atoms with E-state index in [1.54, 1.807) is 30.3 Å². The maximum Gasteiger partial charge on any atom is 0.331 e. The van der Waals surface area contributed by atoms with Crippen molar-refractivity contribution in [2.75, 3.05) is 0 Å². The van der Waals surface area contributed by atoms with E-state index >= 15 is 0 Å². The number of Topliss-reactive ketones (excluding diaryl/α,β-unsaturated/α-hetero) is 1. The molecule has 2 aromatic carbocycles. The second kappa shape index (κ2) is 7.70. The first-order chi connectivity index (χ1) is 11.0. The van der Waals surface area contributed by atoms with Crippen molar-refractivity contribution in [3.63, 3.8) is 0 Å². The van der Waals surface area contributed by atoms with Crippen molar-refractivity contribution >= 4 is 29.4 Å². The minimum Gasteiger partial charge on any atom is -0.451 e. The second-order valence-corrected chi connectivity index (χ2v) is 5.28. The summed E-state index contributed by atoms with van der Waals surface area (Å²) in [7, 11) is 0. The lowest BCUT2D eigenvalue weighted by Crippen LogP contribution is -2.23. The van der Waals surface area contributed by atoms with Gasteiger partial charge in [-0.2, -0.15) is 0 Å². The zero-order chi connectivity index (χ0) is 16.8. The van der Waals surface area contributed by atoms with Crippen LogP contribution in [0, 0.1) is 5.82 Å². The number of carbonyl (C=O) groups is 2. The van der Waals surface area contributed by atoms with E-state index in [9.17, 15) is 14.0 Å². The summed E-state index contributed by atoms with van der Waals surface area (Å²) in [5, 5.41) is 0.556. The van der Waals surface area contributed by atoms with Gasteiger partial charge in [0.15, 0.2) is 6.10 Å². The average Bonchev–Trinajstić information content (AvgIpc) is 2.53. The molecule has 0 spiro atoms. The molecule has 118 valence electrons. The summed E-state index contributed by atoms with van der Waals surface area (Å²) < 4.78 is 17.9. The zero-order valence-electron chi connectivity index (χ0n) is 12.3. The van der Waals surface area contributed by atoms with Gasteiger partial charge in [0.1, 0.15) is 5.82 Å². The van der Waals surface area contributed by atoms with Gasteiger partial charge in [0.05, 0.1) is 0 Å². The predicted molar refractivity (Wildman–Crippen MR) is 86.8 cm³/mol. The van der Waals surface area contributed by atoms with Crippen LogP contribution in [-0.4, -0.2) is 17.9 Å². The second-order valence-electron chi connectivity index (χ2n) is 4.84. The molecule has 0 fully saturated rings. The van der Waals surface area contributed by atoms with E-state index in [4.69, 9.17) is 16.3 Å². The fourth-order valence-electron chi connectivity index (χ4n) is 1.89. The van der Waals surface area contributed by atoms with Crippen LogP contribution in [0.25, 0.3) is 6.08 Å². The minimum atomic E-state index is -0.961.